The molecule has 1 aromatic heterocycles. The van der Waals surface area contributed by atoms with E-state index < -0.39 is 0 Å². The van der Waals surface area contributed by atoms with Crippen LogP contribution in [0.2, 0.25) is 0 Å². The molecule has 0 aliphatic carbocycles. The first kappa shape index (κ1) is 9.70. The van der Waals surface area contributed by atoms with Crippen molar-refractivity contribution in [2.45, 2.75) is 6.54 Å². The van der Waals surface area contributed by atoms with E-state index in [4.69, 9.17) is 4.74 Å². The van der Waals surface area contributed by atoms with E-state index in [1.54, 1.807) is 24.3 Å². The highest BCUT2D eigenvalue weighted by molar-refractivity contribution is 5.69. The first-order valence-corrected chi connectivity index (χ1v) is 4.70. The molecule has 1 aromatic rings. The summed E-state index contributed by atoms with van der Waals surface area (Å²) in [6, 6.07) is 0. The Labute approximate surface area is 87.3 Å². The third-order valence-electron chi connectivity index (χ3n) is 2.16. The Kier molecular flexibility index (Phi) is 2.66. The molecule has 0 spiro atoms. The molecule has 6 heteroatoms. The van der Waals surface area contributed by atoms with Crippen LogP contribution in [0.1, 0.15) is 5.69 Å². The highest BCUT2D eigenvalue weighted by Gasteiger charge is 2.22. The molecule has 6 nitrogen and oxygen atoms in total. The van der Waals surface area contributed by atoms with Crippen molar-refractivity contribution in [3.8, 4) is 0 Å². The van der Waals surface area contributed by atoms with Crippen LogP contribution in [-0.4, -0.2) is 41.2 Å². The summed E-state index contributed by atoms with van der Waals surface area (Å²) < 4.78 is 4.81. The van der Waals surface area contributed by atoms with Crippen molar-refractivity contribution < 1.29 is 9.53 Å². The number of cyclic esters (lactones) is 1. The van der Waals surface area contributed by atoms with Crippen molar-refractivity contribution in [1.29, 1.82) is 0 Å². The van der Waals surface area contributed by atoms with Gasteiger partial charge in [-0.05, 0) is 0 Å². The molecule has 0 aromatic carbocycles. The summed E-state index contributed by atoms with van der Waals surface area (Å²) >= 11 is 0. The first-order valence-electron chi connectivity index (χ1n) is 4.70. The molecule has 0 radical (unpaired) electrons. The van der Waals surface area contributed by atoms with Crippen LogP contribution in [0.4, 0.5) is 10.6 Å². The van der Waals surface area contributed by atoms with Crippen LogP contribution in [-0.2, 0) is 11.3 Å². The summed E-state index contributed by atoms with van der Waals surface area (Å²) in [5.41, 5.74) is 0.757. The number of rotatable bonds is 3. The summed E-state index contributed by atoms with van der Waals surface area (Å²) in [7, 11) is 1.78. The Balaban J connectivity index is 2.01. The lowest BCUT2D eigenvalue weighted by Crippen LogP contribution is -2.24. The molecular weight excluding hydrogens is 196 g/mol. The third kappa shape index (κ3) is 2.15. The zero-order valence-corrected chi connectivity index (χ0v) is 8.43. The number of anilines is 1. The molecule has 0 unspecified atom stereocenters. The zero-order valence-electron chi connectivity index (χ0n) is 8.43. The lowest BCUT2D eigenvalue weighted by Gasteiger charge is -2.11. The highest BCUT2D eigenvalue weighted by Crippen LogP contribution is 2.08. The van der Waals surface area contributed by atoms with Gasteiger partial charge in [-0.3, -0.25) is 9.88 Å². The Morgan fingerprint density at radius 3 is 2.93 bits per heavy atom. The number of amides is 1. The van der Waals surface area contributed by atoms with E-state index in [1.165, 1.54) is 0 Å². The van der Waals surface area contributed by atoms with Crippen molar-refractivity contribution in [1.82, 2.24) is 14.9 Å². The number of carbonyl (C=O) groups is 1. The van der Waals surface area contributed by atoms with Gasteiger partial charge in [0.15, 0.2) is 0 Å². The number of ether oxygens (including phenoxy) is 1. The van der Waals surface area contributed by atoms with Crippen LogP contribution in [0.15, 0.2) is 12.4 Å². The standard InChI is InChI=1S/C9H12N4O2/c1-10-8-5-11-7(4-12-8)6-13-2-3-15-9(13)14/h4-5H,2-3,6H2,1H3,(H,10,12). The van der Waals surface area contributed by atoms with Gasteiger partial charge < -0.3 is 10.1 Å². The molecule has 15 heavy (non-hydrogen) atoms. The van der Waals surface area contributed by atoms with Gasteiger partial charge in [0.25, 0.3) is 0 Å². The normalized spacial score (nSPS) is 15.3. The van der Waals surface area contributed by atoms with Crippen molar-refractivity contribution in [2.75, 3.05) is 25.5 Å². The van der Waals surface area contributed by atoms with Gasteiger partial charge >= 0.3 is 6.09 Å². The van der Waals surface area contributed by atoms with Gasteiger partial charge in [-0.25, -0.2) is 9.78 Å². The SMILES string of the molecule is CNc1cnc(CN2CCOC2=O)cn1. The molecule has 1 aliphatic heterocycles. The molecule has 80 valence electrons. The highest BCUT2D eigenvalue weighted by atomic mass is 16.6. The minimum atomic E-state index is -0.283. The third-order valence-corrected chi connectivity index (χ3v) is 2.16. The summed E-state index contributed by atoms with van der Waals surface area (Å²) in [5.74, 6) is 0.711. The number of nitrogens with one attached hydrogen (secondary N) is 1. The molecule has 1 amide bonds. The van der Waals surface area contributed by atoms with Crippen molar-refractivity contribution in [3.05, 3.63) is 18.1 Å². The molecular formula is C9H12N4O2. The fourth-order valence-electron chi connectivity index (χ4n) is 1.33. The monoisotopic (exact) mass is 208 g/mol. The Bertz CT molecular complexity index is 352. The Morgan fingerprint density at radius 1 is 1.53 bits per heavy atom. The number of aromatic nitrogens is 2. The number of hydrogen-bond donors (Lipinski definition) is 1. The zero-order chi connectivity index (χ0) is 10.7. The predicted octanol–water partition coefficient (Wildman–Crippen LogP) is 0.470. The second kappa shape index (κ2) is 4.12. The second-order valence-corrected chi connectivity index (χ2v) is 3.18. The van der Waals surface area contributed by atoms with E-state index in [1.807, 2.05) is 0 Å². The van der Waals surface area contributed by atoms with Gasteiger partial charge in [0.2, 0.25) is 0 Å². The fraction of sp³-hybridized carbons (Fsp3) is 0.444. The Morgan fingerprint density at radius 2 is 2.40 bits per heavy atom. The summed E-state index contributed by atoms with van der Waals surface area (Å²) in [6.45, 7) is 1.53. The fourth-order valence-corrected chi connectivity index (χ4v) is 1.33. The molecule has 1 N–H and O–H groups in total. The van der Waals surface area contributed by atoms with Crippen LogP contribution in [0.3, 0.4) is 0 Å². The van der Waals surface area contributed by atoms with Gasteiger partial charge in [0, 0.05) is 7.05 Å². The molecule has 0 saturated carbocycles. The number of nitrogens with zero attached hydrogens (tertiary/aromatic N) is 3. The van der Waals surface area contributed by atoms with Gasteiger partial charge in [0.05, 0.1) is 31.2 Å². The van der Waals surface area contributed by atoms with E-state index in [0.717, 1.165) is 5.69 Å². The van der Waals surface area contributed by atoms with Crippen LogP contribution in [0, 0.1) is 0 Å². The second-order valence-electron chi connectivity index (χ2n) is 3.18. The van der Waals surface area contributed by atoms with Gasteiger partial charge in [0.1, 0.15) is 12.4 Å². The summed E-state index contributed by atoms with van der Waals surface area (Å²) in [6.07, 6.45) is 3.00. The van der Waals surface area contributed by atoms with Crippen LogP contribution >= 0.6 is 0 Å². The molecule has 0 atom stereocenters. The molecule has 1 aliphatic rings. The van der Waals surface area contributed by atoms with E-state index in [-0.39, 0.29) is 6.09 Å². The van der Waals surface area contributed by atoms with Gasteiger partial charge in [-0.2, -0.15) is 0 Å². The maximum Gasteiger partial charge on any atom is 0.410 e. The van der Waals surface area contributed by atoms with Crippen molar-refractivity contribution >= 4 is 11.9 Å². The van der Waals surface area contributed by atoms with E-state index >= 15 is 0 Å². The van der Waals surface area contributed by atoms with Gasteiger partial charge in [-0.15, -0.1) is 0 Å². The van der Waals surface area contributed by atoms with Crippen molar-refractivity contribution in [3.63, 3.8) is 0 Å². The lowest BCUT2D eigenvalue weighted by molar-refractivity contribution is 0.157. The largest absolute Gasteiger partial charge is 0.448 e. The van der Waals surface area contributed by atoms with E-state index in [9.17, 15) is 4.79 Å². The smallest absolute Gasteiger partial charge is 0.410 e. The lowest BCUT2D eigenvalue weighted by atomic mass is 10.4. The van der Waals surface area contributed by atoms with Crippen LogP contribution in [0.25, 0.3) is 0 Å². The Hall–Kier alpha value is -1.85. The van der Waals surface area contributed by atoms with E-state index in [0.29, 0.717) is 25.5 Å². The average molecular weight is 208 g/mol. The molecule has 0 bridgehead atoms. The van der Waals surface area contributed by atoms with Crippen LogP contribution in [0.5, 0.6) is 0 Å². The molecule has 1 fully saturated rings. The molecule has 2 rings (SSSR count). The van der Waals surface area contributed by atoms with Gasteiger partial charge in [-0.1, -0.05) is 0 Å². The quantitative estimate of drug-likeness (QED) is 0.782. The summed E-state index contributed by atoms with van der Waals surface area (Å²) in [5, 5.41) is 2.88. The minimum absolute atomic E-state index is 0.283. The maximum atomic E-state index is 11.1. The molecule has 1 saturated heterocycles. The first-order chi connectivity index (χ1) is 7.29. The number of carbonyl (C=O) groups excluding carboxylic acids is 1. The maximum absolute atomic E-state index is 11.1. The van der Waals surface area contributed by atoms with E-state index in [2.05, 4.69) is 15.3 Å². The van der Waals surface area contributed by atoms with Crippen LogP contribution < -0.4 is 5.32 Å². The molecule has 2 heterocycles. The topological polar surface area (TPSA) is 67.3 Å². The predicted molar refractivity (Wildman–Crippen MR) is 53.3 cm³/mol. The minimum Gasteiger partial charge on any atom is -0.448 e. The average Bonchev–Trinajstić information content (AvgIpc) is 2.66. The number of hydrogen-bond acceptors (Lipinski definition) is 5. The summed E-state index contributed by atoms with van der Waals surface area (Å²) in [4.78, 5) is 21.0. The van der Waals surface area contributed by atoms with Crippen molar-refractivity contribution in [2.24, 2.45) is 0 Å².